The number of hydrogen-bond acceptors (Lipinski definition) is 2. The fraction of sp³-hybridized carbons (Fsp3) is 0.667. The molecule has 0 aromatic rings. The van der Waals surface area contributed by atoms with Crippen molar-refractivity contribution >= 4 is 5.97 Å². The molecule has 1 unspecified atom stereocenters. The van der Waals surface area contributed by atoms with Crippen LogP contribution in [0.15, 0.2) is 12.2 Å². The number of allylic oxidation sites excluding steroid dienone is 1. The fourth-order valence-electron chi connectivity index (χ4n) is 0.786. The van der Waals surface area contributed by atoms with Gasteiger partial charge in [0.2, 0.25) is 0 Å². The maximum absolute atomic E-state index is 10.4. The van der Waals surface area contributed by atoms with E-state index in [0.717, 1.165) is 12.8 Å². The maximum atomic E-state index is 10.4. The third kappa shape index (κ3) is 7.10. The number of hydrogen-bond donors (Lipinski definition) is 0. The average Bonchev–Trinajstić information content (AvgIpc) is 1.86. The van der Waals surface area contributed by atoms with E-state index in [4.69, 9.17) is 4.74 Å². The number of esters is 1. The summed E-state index contributed by atoms with van der Waals surface area (Å²) in [6.07, 6.45) is 5.96. The molecule has 0 aromatic heterocycles. The summed E-state index contributed by atoms with van der Waals surface area (Å²) < 4.78 is 4.91. The number of rotatable bonds is 4. The molecule has 11 heavy (non-hydrogen) atoms. The van der Waals surface area contributed by atoms with Gasteiger partial charge in [-0.1, -0.05) is 19.1 Å². The number of ether oxygens (including phenoxy) is 1. The minimum absolute atomic E-state index is 0.00954. The van der Waals surface area contributed by atoms with Gasteiger partial charge in [-0.05, 0) is 13.3 Å². The van der Waals surface area contributed by atoms with E-state index in [1.807, 2.05) is 13.0 Å². The molecule has 2 heteroatoms. The molecule has 0 radical (unpaired) electrons. The first kappa shape index (κ1) is 10.2. The van der Waals surface area contributed by atoms with E-state index in [-0.39, 0.29) is 12.1 Å². The SMILES string of the molecule is CC/C=C\CC(C)OC(C)=O. The highest BCUT2D eigenvalue weighted by Gasteiger charge is 2.00. The van der Waals surface area contributed by atoms with Crippen molar-refractivity contribution < 1.29 is 9.53 Å². The van der Waals surface area contributed by atoms with E-state index >= 15 is 0 Å². The van der Waals surface area contributed by atoms with Crippen molar-refractivity contribution in [2.24, 2.45) is 0 Å². The van der Waals surface area contributed by atoms with Crippen molar-refractivity contribution in [3.63, 3.8) is 0 Å². The van der Waals surface area contributed by atoms with Gasteiger partial charge in [-0.25, -0.2) is 0 Å². The molecule has 2 nitrogen and oxygen atoms in total. The van der Waals surface area contributed by atoms with Crippen molar-refractivity contribution in [2.45, 2.75) is 39.7 Å². The Morgan fingerprint density at radius 3 is 2.64 bits per heavy atom. The van der Waals surface area contributed by atoms with Gasteiger partial charge in [0.05, 0.1) is 0 Å². The summed E-state index contributed by atoms with van der Waals surface area (Å²) in [5, 5.41) is 0. The molecule has 0 aromatic carbocycles. The van der Waals surface area contributed by atoms with Gasteiger partial charge in [0.15, 0.2) is 0 Å². The highest BCUT2D eigenvalue weighted by molar-refractivity contribution is 5.66. The van der Waals surface area contributed by atoms with E-state index < -0.39 is 0 Å². The second kappa shape index (κ2) is 5.96. The molecule has 0 amide bonds. The van der Waals surface area contributed by atoms with E-state index in [1.165, 1.54) is 6.92 Å². The van der Waals surface area contributed by atoms with Crippen LogP contribution in [0.2, 0.25) is 0 Å². The third-order valence-electron chi connectivity index (χ3n) is 1.24. The molecule has 0 aliphatic rings. The molecule has 0 heterocycles. The molecule has 0 rings (SSSR count). The lowest BCUT2D eigenvalue weighted by molar-refractivity contribution is -0.145. The van der Waals surface area contributed by atoms with Gasteiger partial charge >= 0.3 is 5.97 Å². The summed E-state index contributed by atoms with van der Waals surface area (Å²) in [6.45, 7) is 5.40. The van der Waals surface area contributed by atoms with Crippen LogP contribution < -0.4 is 0 Å². The summed E-state index contributed by atoms with van der Waals surface area (Å²) in [7, 11) is 0. The first-order chi connectivity index (χ1) is 5.16. The van der Waals surface area contributed by atoms with Gasteiger partial charge in [-0.15, -0.1) is 0 Å². The van der Waals surface area contributed by atoms with E-state index in [9.17, 15) is 4.79 Å². The largest absolute Gasteiger partial charge is 0.463 e. The molecule has 0 bridgehead atoms. The molecule has 0 saturated heterocycles. The topological polar surface area (TPSA) is 26.3 Å². The average molecular weight is 156 g/mol. The first-order valence-electron chi connectivity index (χ1n) is 3.99. The highest BCUT2D eigenvalue weighted by Crippen LogP contribution is 1.99. The maximum Gasteiger partial charge on any atom is 0.302 e. The minimum Gasteiger partial charge on any atom is -0.463 e. The molecule has 0 fully saturated rings. The quantitative estimate of drug-likeness (QED) is 0.461. The molecule has 0 spiro atoms. The second-order valence-corrected chi connectivity index (χ2v) is 2.54. The van der Waals surface area contributed by atoms with Crippen LogP contribution in [0.1, 0.15) is 33.6 Å². The lowest BCUT2D eigenvalue weighted by atomic mass is 10.2. The Hall–Kier alpha value is -0.790. The van der Waals surface area contributed by atoms with Gasteiger partial charge in [0, 0.05) is 13.3 Å². The predicted octanol–water partition coefficient (Wildman–Crippen LogP) is 2.29. The van der Waals surface area contributed by atoms with Crippen LogP contribution in [-0.2, 0) is 9.53 Å². The Morgan fingerprint density at radius 2 is 2.18 bits per heavy atom. The summed E-state index contributed by atoms with van der Waals surface area (Å²) in [5.41, 5.74) is 0. The predicted molar refractivity (Wildman–Crippen MR) is 45.3 cm³/mol. The van der Waals surface area contributed by atoms with Gasteiger partial charge in [-0.3, -0.25) is 4.79 Å². The van der Waals surface area contributed by atoms with Crippen LogP contribution in [0.4, 0.5) is 0 Å². The molecule has 0 aliphatic heterocycles. The fourth-order valence-corrected chi connectivity index (χ4v) is 0.786. The smallest absolute Gasteiger partial charge is 0.302 e. The summed E-state index contributed by atoms with van der Waals surface area (Å²) in [6, 6.07) is 0. The zero-order valence-corrected chi connectivity index (χ0v) is 7.46. The lowest BCUT2D eigenvalue weighted by Gasteiger charge is -2.07. The van der Waals surface area contributed by atoms with Gasteiger partial charge in [0.1, 0.15) is 6.10 Å². The van der Waals surface area contributed by atoms with Crippen LogP contribution in [0.5, 0.6) is 0 Å². The molecule has 1 atom stereocenters. The van der Waals surface area contributed by atoms with Gasteiger partial charge < -0.3 is 4.74 Å². The Morgan fingerprint density at radius 1 is 1.55 bits per heavy atom. The minimum atomic E-state index is -0.206. The van der Waals surface area contributed by atoms with Crippen LogP contribution in [0.25, 0.3) is 0 Å². The normalized spacial score (nSPS) is 13.4. The monoisotopic (exact) mass is 156 g/mol. The van der Waals surface area contributed by atoms with Crippen LogP contribution in [0.3, 0.4) is 0 Å². The number of carbonyl (C=O) groups excluding carboxylic acids is 1. The molecular formula is C9H16O2. The molecule has 0 saturated carbocycles. The van der Waals surface area contributed by atoms with Crippen molar-refractivity contribution in [1.82, 2.24) is 0 Å². The Bertz CT molecular complexity index is 138. The third-order valence-corrected chi connectivity index (χ3v) is 1.24. The molecule has 64 valence electrons. The van der Waals surface area contributed by atoms with Crippen LogP contribution in [0, 0.1) is 0 Å². The summed E-state index contributed by atoms with van der Waals surface area (Å²) in [4.78, 5) is 10.4. The first-order valence-corrected chi connectivity index (χ1v) is 3.99. The standard InChI is InChI=1S/C9H16O2/c1-4-5-6-7-8(2)11-9(3)10/h5-6,8H,4,7H2,1-3H3/b6-5-. The van der Waals surface area contributed by atoms with E-state index in [0.29, 0.717) is 0 Å². The van der Waals surface area contributed by atoms with Crippen molar-refractivity contribution in [1.29, 1.82) is 0 Å². The molecular weight excluding hydrogens is 140 g/mol. The summed E-state index contributed by atoms with van der Waals surface area (Å²) >= 11 is 0. The van der Waals surface area contributed by atoms with Gasteiger partial charge in [-0.2, -0.15) is 0 Å². The van der Waals surface area contributed by atoms with Crippen molar-refractivity contribution in [3.8, 4) is 0 Å². The summed E-state index contributed by atoms with van der Waals surface area (Å²) in [5.74, 6) is -0.206. The van der Waals surface area contributed by atoms with E-state index in [2.05, 4.69) is 13.0 Å². The number of carbonyl (C=O) groups is 1. The Kier molecular flexibility index (Phi) is 5.53. The van der Waals surface area contributed by atoms with Crippen molar-refractivity contribution in [3.05, 3.63) is 12.2 Å². The lowest BCUT2D eigenvalue weighted by Crippen LogP contribution is -2.10. The van der Waals surface area contributed by atoms with E-state index in [1.54, 1.807) is 0 Å². The van der Waals surface area contributed by atoms with Gasteiger partial charge in [0.25, 0.3) is 0 Å². The Balaban J connectivity index is 3.44. The highest BCUT2D eigenvalue weighted by atomic mass is 16.5. The molecule has 0 N–H and O–H groups in total. The van der Waals surface area contributed by atoms with Crippen molar-refractivity contribution in [2.75, 3.05) is 0 Å². The Labute approximate surface area is 68.2 Å². The molecule has 0 aliphatic carbocycles. The zero-order valence-electron chi connectivity index (χ0n) is 7.46. The van der Waals surface area contributed by atoms with Crippen LogP contribution >= 0.6 is 0 Å². The van der Waals surface area contributed by atoms with Crippen LogP contribution in [-0.4, -0.2) is 12.1 Å². The second-order valence-electron chi connectivity index (χ2n) is 2.54. The zero-order chi connectivity index (χ0) is 8.69.